The molecule has 106 valence electrons. The SMILES string of the molecule is Cc1cn(CC2Cc3ccccc32)c(NCC(C)C)n1. The number of hydrogen-bond donors (Lipinski definition) is 1. The lowest BCUT2D eigenvalue weighted by Crippen LogP contribution is -2.23. The first-order valence-corrected chi connectivity index (χ1v) is 7.49. The summed E-state index contributed by atoms with van der Waals surface area (Å²) in [5, 5.41) is 3.46. The molecule has 0 saturated heterocycles. The minimum Gasteiger partial charge on any atom is -0.355 e. The van der Waals surface area contributed by atoms with Gasteiger partial charge in [-0.2, -0.15) is 0 Å². The summed E-state index contributed by atoms with van der Waals surface area (Å²) in [6.45, 7) is 8.49. The average Bonchev–Trinajstić information content (AvgIpc) is 2.74. The van der Waals surface area contributed by atoms with Gasteiger partial charge < -0.3 is 9.88 Å². The fourth-order valence-corrected chi connectivity index (χ4v) is 2.89. The molecule has 1 aromatic carbocycles. The molecule has 3 heteroatoms. The molecule has 1 aliphatic carbocycles. The number of fused-ring (bicyclic) bond motifs is 1. The Balaban J connectivity index is 1.72. The van der Waals surface area contributed by atoms with Crippen molar-refractivity contribution in [2.75, 3.05) is 11.9 Å². The predicted octanol–water partition coefficient (Wildman–Crippen LogP) is 3.60. The Labute approximate surface area is 121 Å². The van der Waals surface area contributed by atoms with E-state index in [0.717, 1.165) is 24.7 Å². The molecular formula is C17H23N3. The highest BCUT2D eigenvalue weighted by Crippen LogP contribution is 2.36. The summed E-state index contributed by atoms with van der Waals surface area (Å²) in [4.78, 5) is 4.60. The number of benzene rings is 1. The number of anilines is 1. The Bertz CT molecular complexity index is 598. The maximum absolute atomic E-state index is 4.60. The van der Waals surface area contributed by atoms with Crippen molar-refractivity contribution >= 4 is 5.95 Å². The summed E-state index contributed by atoms with van der Waals surface area (Å²) in [6.07, 6.45) is 3.35. The molecule has 0 radical (unpaired) electrons. The number of rotatable bonds is 5. The van der Waals surface area contributed by atoms with Crippen LogP contribution in [0.5, 0.6) is 0 Å². The standard InChI is InChI=1S/C17H23N3/c1-12(2)9-18-17-19-13(3)10-20(17)11-15-8-14-6-4-5-7-16(14)15/h4-7,10,12,15H,8-9,11H2,1-3H3,(H,18,19). The Kier molecular flexibility index (Phi) is 3.51. The van der Waals surface area contributed by atoms with E-state index in [9.17, 15) is 0 Å². The molecule has 0 fully saturated rings. The van der Waals surface area contributed by atoms with Gasteiger partial charge in [0, 0.05) is 25.2 Å². The minimum atomic E-state index is 0.630. The lowest BCUT2D eigenvalue weighted by molar-refractivity contribution is 0.510. The Hall–Kier alpha value is -1.77. The summed E-state index contributed by atoms with van der Waals surface area (Å²) in [5.41, 5.74) is 4.10. The molecule has 0 amide bonds. The Morgan fingerprint density at radius 2 is 2.15 bits per heavy atom. The Morgan fingerprint density at radius 1 is 1.35 bits per heavy atom. The lowest BCUT2D eigenvalue weighted by atomic mass is 9.77. The van der Waals surface area contributed by atoms with Crippen molar-refractivity contribution in [1.29, 1.82) is 0 Å². The first-order chi connectivity index (χ1) is 9.63. The maximum atomic E-state index is 4.60. The molecule has 0 aliphatic heterocycles. The third kappa shape index (κ3) is 2.58. The number of hydrogen-bond acceptors (Lipinski definition) is 2. The smallest absolute Gasteiger partial charge is 0.203 e. The van der Waals surface area contributed by atoms with Crippen molar-refractivity contribution < 1.29 is 0 Å². The van der Waals surface area contributed by atoms with Crippen LogP contribution in [0.4, 0.5) is 5.95 Å². The zero-order valence-electron chi connectivity index (χ0n) is 12.6. The van der Waals surface area contributed by atoms with Crippen LogP contribution in [-0.2, 0) is 13.0 Å². The second kappa shape index (κ2) is 5.31. The van der Waals surface area contributed by atoms with Crippen LogP contribution in [-0.4, -0.2) is 16.1 Å². The highest BCUT2D eigenvalue weighted by molar-refractivity contribution is 5.40. The van der Waals surface area contributed by atoms with E-state index in [4.69, 9.17) is 0 Å². The molecule has 1 N–H and O–H groups in total. The number of aryl methyl sites for hydroxylation is 1. The van der Waals surface area contributed by atoms with Crippen LogP contribution in [0.15, 0.2) is 30.5 Å². The zero-order valence-corrected chi connectivity index (χ0v) is 12.6. The molecule has 0 bridgehead atoms. The van der Waals surface area contributed by atoms with Gasteiger partial charge in [-0.25, -0.2) is 4.98 Å². The fourth-order valence-electron chi connectivity index (χ4n) is 2.89. The molecule has 1 unspecified atom stereocenters. The van der Waals surface area contributed by atoms with Crippen LogP contribution in [0.25, 0.3) is 0 Å². The van der Waals surface area contributed by atoms with E-state index in [2.05, 4.69) is 66.1 Å². The van der Waals surface area contributed by atoms with E-state index in [1.54, 1.807) is 0 Å². The van der Waals surface area contributed by atoms with Gasteiger partial charge in [0.2, 0.25) is 5.95 Å². The molecule has 3 rings (SSSR count). The van der Waals surface area contributed by atoms with E-state index < -0.39 is 0 Å². The molecule has 1 heterocycles. The summed E-state index contributed by atoms with van der Waals surface area (Å²) in [6, 6.07) is 8.77. The van der Waals surface area contributed by atoms with Crippen molar-refractivity contribution in [2.24, 2.45) is 5.92 Å². The highest BCUT2D eigenvalue weighted by Gasteiger charge is 2.26. The lowest BCUT2D eigenvalue weighted by Gasteiger charge is -2.30. The van der Waals surface area contributed by atoms with Crippen molar-refractivity contribution in [3.63, 3.8) is 0 Å². The second-order valence-corrected chi connectivity index (χ2v) is 6.23. The second-order valence-electron chi connectivity index (χ2n) is 6.23. The van der Waals surface area contributed by atoms with Crippen LogP contribution in [0, 0.1) is 12.8 Å². The van der Waals surface area contributed by atoms with Crippen LogP contribution >= 0.6 is 0 Å². The molecule has 1 aromatic heterocycles. The molecular weight excluding hydrogens is 246 g/mol. The van der Waals surface area contributed by atoms with E-state index in [1.807, 2.05) is 0 Å². The summed E-state index contributed by atoms with van der Waals surface area (Å²) in [5.74, 6) is 2.28. The number of nitrogens with one attached hydrogen (secondary N) is 1. The van der Waals surface area contributed by atoms with Gasteiger partial charge in [-0.05, 0) is 30.4 Å². The third-order valence-electron chi connectivity index (χ3n) is 3.94. The molecule has 0 saturated carbocycles. The van der Waals surface area contributed by atoms with Crippen LogP contribution in [0.3, 0.4) is 0 Å². The van der Waals surface area contributed by atoms with E-state index in [1.165, 1.54) is 17.5 Å². The molecule has 20 heavy (non-hydrogen) atoms. The summed E-state index contributed by atoms with van der Waals surface area (Å²) >= 11 is 0. The number of nitrogens with zero attached hydrogens (tertiary/aromatic N) is 2. The summed E-state index contributed by atoms with van der Waals surface area (Å²) in [7, 11) is 0. The van der Waals surface area contributed by atoms with Crippen molar-refractivity contribution in [1.82, 2.24) is 9.55 Å². The quantitative estimate of drug-likeness (QED) is 0.898. The van der Waals surface area contributed by atoms with Crippen LogP contribution in [0.1, 0.15) is 36.6 Å². The molecule has 0 spiro atoms. The van der Waals surface area contributed by atoms with Crippen molar-refractivity contribution in [2.45, 2.75) is 39.7 Å². The first-order valence-electron chi connectivity index (χ1n) is 7.49. The van der Waals surface area contributed by atoms with Crippen LogP contribution < -0.4 is 5.32 Å². The monoisotopic (exact) mass is 269 g/mol. The fraction of sp³-hybridized carbons (Fsp3) is 0.471. The van der Waals surface area contributed by atoms with Gasteiger partial charge in [-0.15, -0.1) is 0 Å². The normalized spacial score (nSPS) is 16.9. The zero-order chi connectivity index (χ0) is 14.1. The maximum Gasteiger partial charge on any atom is 0.203 e. The highest BCUT2D eigenvalue weighted by atomic mass is 15.2. The minimum absolute atomic E-state index is 0.630. The van der Waals surface area contributed by atoms with Gasteiger partial charge in [-0.3, -0.25) is 0 Å². The average molecular weight is 269 g/mol. The van der Waals surface area contributed by atoms with Gasteiger partial charge in [0.25, 0.3) is 0 Å². The van der Waals surface area contributed by atoms with Gasteiger partial charge in [0.15, 0.2) is 0 Å². The van der Waals surface area contributed by atoms with Gasteiger partial charge in [-0.1, -0.05) is 38.1 Å². The van der Waals surface area contributed by atoms with E-state index in [-0.39, 0.29) is 0 Å². The van der Waals surface area contributed by atoms with Gasteiger partial charge in [0.1, 0.15) is 0 Å². The largest absolute Gasteiger partial charge is 0.355 e. The van der Waals surface area contributed by atoms with Crippen molar-refractivity contribution in [3.05, 3.63) is 47.3 Å². The molecule has 3 nitrogen and oxygen atoms in total. The number of aromatic nitrogens is 2. The van der Waals surface area contributed by atoms with Crippen LogP contribution in [0.2, 0.25) is 0 Å². The Morgan fingerprint density at radius 3 is 2.90 bits per heavy atom. The van der Waals surface area contributed by atoms with Crippen molar-refractivity contribution in [3.8, 4) is 0 Å². The number of imidazole rings is 1. The topological polar surface area (TPSA) is 29.9 Å². The predicted molar refractivity (Wildman–Crippen MR) is 83.2 cm³/mol. The van der Waals surface area contributed by atoms with E-state index >= 15 is 0 Å². The molecule has 2 aromatic rings. The molecule has 1 atom stereocenters. The molecule has 1 aliphatic rings. The first kappa shape index (κ1) is 13.2. The van der Waals surface area contributed by atoms with Gasteiger partial charge >= 0.3 is 0 Å². The van der Waals surface area contributed by atoms with Gasteiger partial charge in [0.05, 0.1) is 5.69 Å². The van der Waals surface area contributed by atoms with E-state index in [0.29, 0.717) is 11.8 Å². The summed E-state index contributed by atoms with van der Waals surface area (Å²) < 4.78 is 2.28. The third-order valence-corrected chi connectivity index (χ3v) is 3.94.